The molecule has 1 aromatic rings. The Kier molecular flexibility index (Phi) is 1.64. The lowest BCUT2D eigenvalue weighted by atomic mass is 10.1. The van der Waals surface area contributed by atoms with Crippen LogP contribution in [0.4, 0.5) is 0 Å². The SMILES string of the molecule is c1ccc2c(c1)CC1NCCOC21. The quantitative estimate of drug-likeness (QED) is 0.641. The summed E-state index contributed by atoms with van der Waals surface area (Å²) in [6, 6.07) is 9.12. The van der Waals surface area contributed by atoms with Crippen LogP contribution >= 0.6 is 0 Å². The van der Waals surface area contributed by atoms with Crippen LogP contribution in [0.25, 0.3) is 0 Å². The number of hydrogen-bond donors (Lipinski definition) is 1. The minimum atomic E-state index is 0.310. The maximum atomic E-state index is 5.77. The van der Waals surface area contributed by atoms with Crippen molar-refractivity contribution in [3.05, 3.63) is 35.4 Å². The first-order chi connectivity index (χ1) is 6.45. The van der Waals surface area contributed by atoms with Crippen LogP contribution in [0.15, 0.2) is 24.3 Å². The number of morpholine rings is 1. The number of fused-ring (bicyclic) bond motifs is 3. The normalized spacial score (nSPS) is 31.1. The van der Waals surface area contributed by atoms with E-state index in [4.69, 9.17) is 4.74 Å². The summed E-state index contributed by atoms with van der Waals surface area (Å²) in [6.45, 7) is 1.84. The van der Waals surface area contributed by atoms with Gasteiger partial charge in [0.25, 0.3) is 0 Å². The second kappa shape index (κ2) is 2.82. The summed E-state index contributed by atoms with van der Waals surface area (Å²) in [4.78, 5) is 0. The second-order valence-corrected chi connectivity index (χ2v) is 3.75. The average Bonchev–Trinajstić information content (AvgIpc) is 2.56. The summed E-state index contributed by atoms with van der Waals surface area (Å²) < 4.78 is 5.77. The Morgan fingerprint density at radius 1 is 1.31 bits per heavy atom. The van der Waals surface area contributed by atoms with Gasteiger partial charge in [-0.3, -0.25) is 0 Å². The maximum Gasteiger partial charge on any atom is 0.0984 e. The largest absolute Gasteiger partial charge is 0.371 e. The highest BCUT2D eigenvalue weighted by atomic mass is 16.5. The van der Waals surface area contributed by atoms with Crippen LogP contribution in [0.2, 0.25) is 0 Å². The Balaban J connectivity index is 2.01. The van der Waals surface area contributed by atoms with Crippen molar-refractivity contribution in [2.75, 3.05) is 13.2 Å². The highest BCUT2D eigenvalue weighted by Crippen LogP contribution is 2.35. The van der Waals surface area contributed by atoms with Gasteiger partial charge in [-0.05, 0) is 17.5 Å². The molecule has 1 aliphatic heterocycles. The highest BCUT2D eigenvalue weighted by molar-refractivity contribution is 5.36. The van der Waals surface area contributed by atoms with Crippen molar-refractivity contribution in [3.63, 3.8) is 0 Å². The van der Waals surface area contributed by atoms with Crippen LogP contribution in [0.1, 0.15) is 17.2 Å². The van der Waals surface area contributed by atoms with Crippen molar-refractivity contribution in [2.24, 2.45) is 0 Å². The molecule has 1 N–H and O–H groups in total. The van der Waals surface area contributed by atoms with Crippen molar-refractivity contribution in [3.8, 4) is 0 Å². The van der Waals surface area contributed by atoms with Crippen LogP contribution in [-0.4, -0.2) is 19.2 Å². The van der Waals surface area contributed by atoms with E-state index < -0.39 is 0 Å². The Morgan fingerprint density at radius 2 is 2.23 bits per heavy atom. The number of nitrogens with one attached hydrogen (secondary N) is 1. The molecule has 68 valence electrons. The molecule has 1 heterocycles. The molecule has 0 bridgehead atoms. The molecule has 1 saturated heterocycles. The van der Waals surface area contributed by atoms with Crippen molar-refractivity contribution < 1.29 is 4.74 Å². The minimum Gasteiger partial charge on any atom is -0.371 e. The molecule has 0 aromatic heterocycles. The molecule has 2 nitrogen and oxygen atoms in total. The molecule has 1 aliphatic carbocycles. The molecule has 0 saturated carbocycles. The zero-order chi connectivity index (χ0) is 8.67. The molecule has 3 rings (SSSR count). The van der Waals surface area contributed by atoms with Gasteiger partial charge in [-0.15, -0.1) is 0 Å². The second-order valence-electron chi connectivity index (χ2n) is 3.75. The van der Waals surface area contributed by atoms with E-state index in [1.165, 1.54) is 11.1 Å². The fourth-order valence-corrected chi connectivity index (χ4v) is 2.37. The van der Waals surface area contributed by atoms with Crippen LogP contribution in [0, 0.1) is 0 Å². The van der Waals surface area contributed by atoms with Gasteiger partial charge in [-0.1, -0.05) is 24.3 Å². The first-order valence-electron chi connectivity index (χ1n) is 4.88. The first kappa shape index (κ1) is 7.54. The third kappa shape index (κ3) is 1.10. The third-order valence-electron chi connectivity index (χ3n) is 2.97. The van der Waals surface area contributed by atoms with Gasteiger partial charge >= 0.3 is 0 Å². The number of rotatable bonds is 0. The highest BCUT2D eigenvalue weighted by Gasteiger charge is 2.34. The zero-order valence-electron chi connectivity index (χ0n) is 7.49. The van der Waals surface area contributed by atoms with E-state index in [9.17, 15) is 0 Å². The molecule has 0 radical (unpaired) electrons. The molecule has 1 aromatic carbocycles. The van der Waals surface area contributed by atoms with Crippen LogP contribution < -0.4 is 5.32 Å². The number of ether oxygens (including phenoxy) is 1. The van der Waals surface area contributed by atoms with Crippen molar-refractivity contribution >= 4 is 0 Å². The van der Waals surface area contributed by atoms with E-state index >= 15 is 0 Å². The summed E-state index contributed by atoms with van der Waals surface area (Å²) in [5.74, 6) is 0. The molecule has 2 atom stereocenters. The number of hydrogen-bond acceptors (Lipinski definition) is 2. The topological polar surface area (TPSA) is 21.3 Å². The fourth-order valence-electron chi connectivity index (χ4n) is 2.37. The Bertz CT molecular complexity index is 324. The van der Waals surface area contributed by atoms with E-state index in [2.05, 4.69) is 29.6 Å². The van der Waals surface area contributed by atoms with Crippen LogP contribution in [-0.2, 0) is 11.2 Å². The molecule has 2 aliphatic rings. The van der Waals surface area contributed by atoms with Gasteiger partial charge < -0.3 is 10.1 Å². The molecule has 0 spiro atoms. The summed E-state index contributed by atoms with van der Waals surface area (Å²) in [7, 11) is 0. The predicted octanol–water partition coefficient (Wildman–Crippen LogP) is 1.27. The smallest absolute Gasteiger partial charge is 0.0984 e. The van der Waals surface area contributed by atoms with Crippen molar-refractivity contribution in [2.45, 2.75) is 18.6 Å². The third-order valence-corrected chi connectivity index (χ3v) is 2.97. The molecule has 1 fully saturated rings. The molecule has 0 amide bonds. The molecular formula is C11H13NO. The predicted molar refractivity (Wildman–Crippen MR) is 50.6 cm³/mol. The lowest BCUT2D eigenvalue weighted by molar-refractivity contribution is 0.00358. The molecule has 2 heteroatoms. The summed E-state index contributed by atoms with van der Waals surface area (Å²) in [6.07, 6.45) is 1.44. The Hall–Kier alpha value is -0.860. The average molecular weight is 175 g/mol. The van der Waals surface area contributed by atoms with Crippen LogP contribution in [0.5, 0.6) is 0 Å². The lowest BCUT2D eigenvalue weighted by Gasteiger charge is -2.27. The number of benzene rings is 1. The molecule has 2 unspecified atom stereocenters. The fraction of sp³-hybridized carbons (Fsp3) is 0.455. The molecule has 13 heavy (non-hydrogen) atoms. The summed E-state index contributed by atoms with van der Waals surface area (Å²) in [5, 5.41) is 3.50. The van der Waals surface area contributed by atoms with Gasteiger partial charge in [0.15, 0.2) is 0 Å². The van der Waals surface area contributed by atoms with Gasteiger partial charge in [-0.2, -0.15) is 0 Å². The standard InChI is InChI=1S/C11H13NO/c1-2-4-9-8(3-1)7-10-11(9)13-6-5-12-10/h1-4,10-12H,5-7H2. The summed E-state index contributed by atoms with van der Waals surface area (Å²) in [5.41, 5.74) is 2.84. The van der Waals surface area contributed by atoms with Gasteiger partial charge in [0, 0.05) is 12.6 Å². The van der Waals surface area contributed by atoms with E-state index in [-0.39, 0.29) is 0 Å². The van der Waals surface area contributed by atoms with E-state index in [1.54, 1.807) is 0 Å². The Morgan fingerprint density at radius 3 is 3.23 bits per heavy atom. The van der Waals surface area contributed by atoms with E-state index in [1.807, 2.05) is 0 Å². The van der Waals surface area contributed by atoms with Gasteiger partial charge in [0.05, 0.1) is 12.7 Å². The van der Waals surface area contributed by atoms with Gasteiger partial charge in [-0.25, -0.2) is 0 Å². The monoisotopic (exact) mass is 175 g/mol. The lowest BCUT2D eigenvalue weighted by Crippen LogP contribution is -2.41. The zero-order valence-corrected chi connectivity index (χ0v) is 7.49. The van der Waals surface area contributed by atoms with Crippen LogP contribution in [0.3, 0.4) is 0 Å². The minimum absolute atomic E-state index is 0.310. The van der Waals surface area contributed by atoms with Crippen molar-refractivity contribution in [1.29, 1.82) is 0 Å². The van der Waals surface area contributed by atoms with E-state index in [0.717, 1.165) is 19.6 Å². The maximum absolute atomic E-state index is 5.77. The van der Waals surface area contributed by atoms with Gasteiger partial charge in [0.1, 0.15) is 0 Å². The molecular weight excluding hydrogens is 162 g/mol. The first-order valence-corrected chi connectivity index (χ1v) is 4.88. The van der Waals surface area contributed by atoms with E-state index in [0.29, 0.717) is 12.1 Å². The van der Waals surface area contributed by atoms with Crippen molar-refractivity contribution in [1.82, 2.24) is 5.32 Å². The van der Waals surface area contributed by atoms with Gasteiger partial charge in [0.2, 0.25) is 0 Å². The Labute approximate surface area is 77.9 Å². The summed E-state index contributed by atoms with van der Waals surface area (Å²) >= 11 is 0.